The Morgan fingerprint density at radius 3 is 2.52 bits per heavy atom. The van der Waals surface area contributed by atoms with Crippen molar-refractivity contribution in [2.45, 2.75) is 25.4 Å². The third kappa shape index (κ3) is 2.92. The van der Waals surface area contributed by atoms with Gasteiger partial charge < -0.3 is 25.1 Å². The molecule has 0 radical (unpaired) electrons. The van der Waals surface area contributed by atoms with Gasteiger partial charge in [0.1, 0.15) is 5.58 Å². The average Bonchev–Trinajstić information content (AvgIpc) is 2.88. The van der Waals surface area contributed by atoms with Crippen molar-refractivity contribution in [3.63, 3.8) is 0 Å². The van der Waals surface area contributed by atoms with Crippen LogP contribution in [0.15, 0.2) is 28.7 Å². The summed E-state index contributed by atoms with van der Waals surface area (Å²) in [6.07, 6.45) is 0.512. The number of rotatable bonds is 7. The van der Waals surface area contributed by atoms with E-state index in [1.54, 1.807) is 24.3 Å². The summed E-state index contributed by atoms with van der Waals surface area (Å²) in [6, 6.07) is 7.06. The second-order valence-corrected chi connectivity index (χ2v) is 5.01. The molecule has 21 heavy (non-hydrogen) atoms. The van der Waals surface area contributed by atoms with E-state index in [0.29, 0.717) is 23.0 Å². The third-order valence-corrected chi connectivity index (χ3v) is 3.81. The molecule has 1 aromatic heterocycles. The molecule has 6 nitrogen and oxygen atoms in total. The third-order valence-electron chi connectivity index (χ3n) is 3.81. The van der Waals surface area contributed by atoms with Crippen LogP contribution in [0, 0.1) is 0 Å². The van der Waals surface area contributed by atoms with Crippen LogP contribution in [0.1, 0.15) is 29.5 Å². The van der Waals surface area contributed by atoms with E-state index in [1.807, 2.05) is 6.92 Å². The van der Waals surface area contributed by atoms with Crippen molar-refractivity contribution in [3.8, 4) is 0 Å². The van der Waals surface area contributed by atoms with E-state index in [9.17, 15) is 20.1 Å². The summed E-state index contributed by atoms with van der Waals surface area (Å²) in [5.41, 5.74) is 0.174. The van der Waals surface area contributed by atoms with Gasteiger partial charge in [0.2, 0.25) is 5.76 Å². The summed E-state index contributed by atoms with van der Waals surface area (Å²) in [5, 5.41) is 31.9. The van der Waals surface area contributed by atoms with Gasteiger partial charge in [-0.15, -0.1) is 0 Å². The van der Waals surface area contributed by atoms with E-state index in [1.165, 1.54) is 0 Å². The van der Waals surface area contributed by atoms with Crippen molar-refractivity contribution >= 4 is 16.9 Å². The first-order chi connectivity index (χ1) is 10.1. The molecule has 1 heterocycles. The van der Waals surface area contributed by atoms with Crippen LogP contribution in [-0.2, 0) is 6.54 Å². The van der Waals surface area contributed by atoms with Crippen molar-refractivity contribution in [2.24, 2.45) is 0 Å². The van der Waals surface area contributed by atoms with Crippen LogP contribution in [0.5, 0.6) is 0 Å². The Bertz CT molecular complexity index is 622. The van der Waals surface area contributed by atoms with Crippen LogP contribution in [-0.4, -0.2) is 40.0 Å². The second kappa shape index (κ2) is 6.26. The minimum Gasteiger partial charge on any atom is -0.475 e. The summed E-state index contributed by atoms with van der Waals surface area (Å²) in [7, 11) is 0. The second-order valence-electron chi connectivity index (χ2n) is 5.01. The Labute approximate surface area is 122 Å². The van der Waals surface area contributed by atoms with Gasteiger partial charge in [0.25, 0.3) is 0 Å². The number of fused-ring (bicyclic) bond motifs is 1. The summed E-state index contributed by atoms with van der Waals surface area (Å²) < 4.78 is 5.36. The van der Waals surface area contributed by atoms with E-state index < -0.39 is 11.5 Å². The molecule has 0 atom stereocenters. The maximum absolute atomic E-state index is 11.3. The lowest BCUT2D eigenvalue weighted by molar-refractivity contribution is 0.0660. The number of benzene rings is 1. The molecular formula is C15H19NO5. The Morgan fingerprint density at radius 2 is 1.95 bits per heavy atom. The van der Waals surface area contributed by atoms with Crippen LogP contribution >= 0.6 is 0 Å². The normalized spacial score (nSPS) is 12.0. The fourth-order valence-electron chi connectivity index (χ4n) is 2.23. The highest BCUT2D eigenvalue weighted by Crippen LogP contribution is 2.26. The minimum atomic E-state index is -1.14. The van der Waals surface area contributed by atoms with Crippen molar-refractivity contribution < 1.29 is 24.5 Å². The number of hydrogen-bond acceptors (Lipinski definition) is 5. The Balaban J connectivity index is 2.37. The molecule has 1 aromatic carbocycles. The Kier molecular flexibility index (Phi) is 4.62. The van der Waals surface area contributed by atoms with Crippen molar-refractivity contribution in [1.82, 2.24) is 5.32 Å². The molecule has 2 aromatic rings. The first kappa shape index (κ1) is 15.5. The SMILES string of the molecule is CCC(CO)(CO)NCc1c(C(=O)O)oc2ccccc12. The highest BCUT2D eigenvalue weighted by Gasteiger charge is 2.28. The molecular weight excluding hydrogens is 274 g/mol. The molecule has 0 aliphatic carbocycles. The first-order valence-corrected chi connectivity index (χ1v) is 6.77. The van der Waals surface area contributed by atoms with Gasteiger partial charge in [-0.2, -0.15) is 0 Å². The molecule has 0 bridgehead atoms. The molecule has 2 rings (SSSR count). The van der Waals surface area contributed by atoms with Crippen LogP contribution in [0.25, 0.3) is 11.0 Å². The molecule has 0 unspecified atom stereocenters. The van der Waals surface area contributed by atoms with E-state index in [2.05, 4.69) is 5.32 Å². The molecule has 0 saturated heterocycles. The van der Waals surface area contributed by atoms with Gasteiger partial charge in [0.05, 0.1) is 18.8 Å². The van der Waals surface area contributed by atoms with Crippen LogP contribution in [0.2, 0.25) is 0 Å². The zero-order valence-corrected chi connectivity index (χ0v) is 11.8. The number of aliphatic hydroxyl groups excluding tert-OH is 2. The van der Waals surface area contributed by atoms with Gasteiger partial charge in [-0.25, -0.2) is 4.79 Å². The monoisotopic (exact) mass is 293 g/mol. The smallest absolute Gasteiger partial charge is 0.372 e. The highest BCUT2D eigenvalue weighted by molar-refractivity contribution is 5.95. The van der Waals surface area contributed by atoms with Gasteiger partial charge in [-0.1, -0.05) is 25.1 Å². The fraction of sp³-hybridized carbons (Fsp3) is 0.400. The standard InChI is InChI=1S/C15H19NO5/c1-2-15(8-17,9-18)16-7-11-10-5-3-4-6-12(10)21-13(11)14(19)20/h3-6,16-18H,2,7-9H2,1H3,(H,19,20). The van der Waals surface area contributed by atoms with E-state index >= 15 is 0 Å². The van der Waals surface area contributed by atoms with Gasteiger partial charge in [0.15, 0.2) is 0 Å². The Hall–Kier alpha value is -1.89. The molecule has 0 saturated carbocycles. The number of aromatic carboxylic acids is 1. The number of carbonyl (C=O) groups is 1. The highest BCUT2D eigenvalue weighted by atomic mass is 16.4. The fourth-order valence-corrected chi connectivity index (χ4v) is 2.23. The number of carboxylic acid groups (broad SMARTS) is 1. The molecule has 4 N–H and O–H groups in total. The lowest BCUT2D eigenvalue weighted by Crippen LogP contribution is -2.50. The maximum atomic E-state index is 11.3. The largest absolute Gasteiger partial charge is 0.475 e. The zero-order valence-electron chi connectivity index (χ0n) is 11.8. The molecule has 0 aliphatic heterocycles. The molecule has 0 aliphatic rings. The predicted octanol–water partition coefficient (Wildman–Crippen LogP) is 1.35. The van der Waals surface area contributed by atoms with Crippen molar-refractivity contribution in [3.05, 3.63) is 35.6 Å². The van der Waals surface area contributed by atoms with Gasteiger partial charge in [-0.3, -0.25) is 0 Å². The summed E-state index contributed by atoms with van der Waals surface area (Å²) >= 11 is 0. The summed E-state index contributed by atoms with van der Waals surface area (Å²) in [4.78, 5) is 11.3. The van der Waals surface area contributed by atoms with Crippen molar-refractivity contribution in [1.29, 1.82) is 0 Å². The van der Waals surface area contributed by atoms with Crippen LogP contribution in [0.3, 0.4) is 0 Å². The lowest BCUT2D eigenvalue weighted by Gasteiger charge is -2.29. The molecule has 114 valence electrons. The van der Waals surface area contributed by atoms with Crippen molar-refractivity contribution in [2.75, 3.05) is 13.2 Å². The van der Waals surface area contributed by atoms with Crippen LogP contribution in [0.4, 0.5) is 0 Å². The molecule has 0 amide bonds. The van der Waals surface area contributed by atoms with E-state index in [-0.39, 0.29) is 25.5 Å². The maximum Gasteiger partial charge on any atom is 0.372 e. The molecule has 0 spiro atoms. The number of aliphatic hydroxyl groups is 2. The number of carboxylic acids is 1. The Morgan fingerprint density at radius 1 is 1.29 bits per heavy atom. The number of hydrogen-bond donors (Lipinski definition) is 4. The van der Waals surface area contributed by atoms with Gasteiger partial charge in [0, 0.05) is 17.5 Å². The zero-order chi connectivity index (χ0) is 15.5. The van der Waals surface area contributed by atoms with E-state index in [4.69, 9.17) is 4.42 Å². The minimum absolute atomic E-state index is 0.121. The molecule has 6 heteroatoms. The van der Waals surface area contributed by atoms with E-state index in [0.717, 1.165) is 0 Å². The topological polar surface area (TPSA) is 103 Å². The number of nitrogens with one attached hydrogen (secondary N) is 1. The number of furan rings is 1. The quantitative estimate of drug-likeness (QED) is 0.614. The summed E-state index contributed by atoms with van der Waals surface area (Å²) in [6.45, 7) is 1.55. The van der Waals surface area contributed by atoms with Crippen LogP contribution < -0.4 is 5.32 Å². The van der Waals surface area contributed by atoms with Gasteiger partial charge in [-0.05, 0) is 12.5 Å². The predicted molar refractivity (Wildman–Crippen MR) is 77.2 cm³/mol. The first-order valence-electron chi connectivity index (χ1n) is 6.77. The molecule has 0 fully saturated rings. The lowest BCUT2D eigenvalue weighted by atomic mass is 9.97. The number of para-hydroxylation sites is 1. The average molecular weight is 293 g/mol. The van der Waals surface area contributed by atoms with Gasteiger partial charge >= 0.3 is 5.97 Å². The summed E-state index contributed by atoms with van der Waals surface area (Å²) in [5.74, 6) is -1.26.